The molecular formula is C24H38O4. The molecule has 1 rings (SSSR count). The van der Waals surface area contributed by atoms with E-state index in [1.165, 1.54) is 44.9 Å². The first-order chi connectivity index (χ1) is 13.0. The summed E-state index contributed by atoms with van der Waals surface area (Å²) in [5.41, 5.74) is -0.0204. The summed E-state index contributed by atoms with van der Waals surface area (Å²) in [4.78, 5) is 23.6. The van der Waals surface area contributed by atoms with E-state index in [4.69, 9.17) is 0 Å². The second kappa shape index (κ2) is 10.6. The second-order valence-electron chi connectivity index (χ2n) is 8.97. The third-order valence-electron chi connectivity index (χ3n) is 5.82. The van der Waals surface area contributed by atoms with E-state index in [2.05, 4.69) is 6.92 Å². The lowest BCUT2D eigenvalue weighted by Gasteiger charge is -2.30. The van der Waals surface area contributed by atoms with Crippen molar-refractivity contribution >= 4 is 11.9 Å². The highest BCUT2D eigenvalue weighted by molar-refractivity contribution is 5.85. The predicted octanol–water partition coefficient (Wildman–Crippen LogP) is 6.09. The highest BCUT2D eigenvalue weighted by Crippen LogP contribution is 2.36. The number of carboxylic acids is 2. The van der Waals surface area contributed by atoms with Gasteiger partial charge in [0.15, 0.2) is 0 Å². The van der Waals surface area contributed by atoms with E-state index in [-0.39, 0.29) is 0 Å². The molecule has 1 aromatic carbocycles. The highest BCUT2D eigenvalue weighted by atomic mass is 16.4. The molecule has 0 atom stereocenters. The van der Waals surface area contributed by atoms with Crippen molar-refractivity contribution in [3.63, 3.8) is 0 Å². The minimum Gasteiger partial charge on any atom is -0.481 e. The van der Waals surface area contributed by atoms with Gasteiger partial charge in [-0.1, -0.05) is 70.1 Å². The second-order valence-corrected chi connectivity index (χ2v) is 8.97. The smallest absolute Gasteiger partial charge is 0.313 e. The summed E-state index contributed by atoms with van der Waals surface area (Å²) >= 11 is 0. The summed E-state index contributed by atoms with van der Waals surface area (Å²) in [6, 6.07) is 5.69. The molecule has 0 aliphatic carbocycles. The lowest BCUT2D eigenvalue weighted by molar-refractivity contribution is -0.144. The molecule has 0 spiro atoms. The standard InChI is InChI=1S/C24H38O4/c1-6-7-8-9-10-11-12-13-14-18-15-16-19(23(2,3)21(25)26)20(17-18)24(4,5)22(27)28/h15-17H,6-14H2,1-5H3,(H,25,26)(H,27,28). The zero-order valence-corrected chi connectivity index (χ0v) is 18.3. The number of carbonyl (C=O) groups is 2. The van der Waals surface area contributed by atoms with Crippen molar-refractivity contribution in [2.75, 3.05) is 0 Å². The zero-order valence-electron chi connectivity index (χ0n) is 18.3. The minimum atomic E-state index is -1.14. The molecule has 0 fully saturated rings. The van der Waals surface area contributed by atoms with E-state index in [0.29, 0.717) is 11.1 Å². The van der Waals surface area contributed by atoms with Gasteiger partial charge in [-0.2, -0.15) is 0 Å². The third-order valence-corrected chi connectivity index (χ3v) is 5.82. The lowest BCUT2D eigenvalue weighted by atomic mass is 9.72. The van der Waals surface area contributed by atoms with Crippen LogP contribution in [0.4, 0.5) is 0 Å². The highest BCUT2D eigenvalue weighted by Gasteiger charge is 2.39. The van der Waals surface area contributed by atoms with Crippen LogP contribution in [0.2, 0.25) is 0 Å². The molecule has 0 unspecified atom stereocenters. The predicted molar refractivity (Wildman–Crippen MR) is 114 cm³/mol. The number of unbranched alkanes of at least 4 members (excludes halogenated alkanes) is 7. The fourth-order valence-corrected chi connectivity index (χ4v) is 3.50. The van der Waals surface area contributed by atoms with E-state index < -0.39 is 22.8 Å². The van der Waals surface area contributed by atoms with Crippen LogP contribution in [-0.2, 0) is 26.8 Å². The Kier molecular flexibility index (Phi) is 9.19. The normalized spacial score (nSPS) is 12.2. The fraction of sp³-hybridized carbons (Fsp3) is 0.667. The summed E-state index contributed by atoms with van der Waals surface area (Å²) in [5.74, 6) is -1.90. The molecule has 0 amide bonds. The largest absolute Gasteiger partial charge is 0.481 e. The average molecular weight is 391 g/mol. The van der Waals surface area contributed by atoms with E-state index >= 15 is 0 Å². The van der Waals surface area contributed by atoms with Crippen molar-refractivity contribution in [3.05, 3.63) is 34.9 Å². The van der Waals surface area contributed by atoms with Gasteiger partial charge in [0.1, 0.15) is 0 Å². The van der Waals surface area contributed by atoms with Gasteiger partial charge in [0.25, 0.3) is 0 Å². The van der Waals surface area contributed by atoms with Crippen molar-refractivity contribution in [3.8, 4) is 0 Å². The Balaban J connectivity index is 2.88. The molecule has 0 aliphatic rings. The first kappa shape index (κ1) is 24.2. The number of hydrogen-bond acceptors (Lipinski definition) is 2. The lowest BCUT2D eigenvalue weighted by Crippen LogP contribution is -2.36. The molecule has 2 N–H and O–H groups in total. The molecule has 158 valence electrons. The van der Waals surface area contributed by atoms with Crippen LogP contribution in [0, 0.1) is 0 Å². The SMILES string of the molecule is CCCCCCCCCCc1ccc(C(C)(C)C(=O)O)c(C(C)(C)C(=O)O)c1. The average Bonchev–Trinajstić information content (AvgIpc) is 2.63. The fourth-order valence-electron chi connectivity index (χ4n) is 3.50. The Morgan fingerprint density at radius 1 is 0.750 bits per heavy atom. The van der Waals surface area contributed by atoms with Crippen molar-refractivity contribution in [1.29, 1.82) is 0 Å². The van der Waals surface area contributed by atoms with Crippen LogP contribution in [-0.4, -0.2) is 22.2 Å². The van der Waals surface area contributed by atoms with E-state index in [1.54, 1.807) is 27.7 Å². The third kappa shape index (κ3) is 6.35. The molecule has 28 heavy (non-hydrogen) atoms. The maximum atomic E-state index is 11.8. The minimum absolute atomic E-state index is 0.576. The zero-order chi connectivity index (χ0) is 21.4. The number of benzene rings is 1. The van der Waals surface area contributed by atoms with Crippen molar-refractivity contribution < 1.29 is 19.8 Å². The van der Waals surface area contributed by atoms with Crippen molar-refractivity contribution in [2.24, 2.45) is 0 Å². The van der Waals surface area contributed by atoms with Crippen LogP contribution in [0.1, 0.15) is 103 Å². The molecule has 0 bridgehead atoms. The van der Waals surface area contributed by atoms with Gasteiger partial charge in [-0.05, 0) is 57.2 Å². The van der Waals surface area contributed by atoms with E-state index in [0.717, 1.165) is 18.4 Å². The monoisotopic (exact) mass is 390 g/mol. The van der Waals surface area contributed by atoms with Crippen LogP contribution in [0.3, 0.4) is 0 Å². The maximum Gasteiger partial charge on any atom is 0.313 e. The number of aryl methyl sites for hydroxylation is 1. The maximum absolute atomic E-state index is 11.8. The molecule has 4 heteroatoms. The summed E-state index contributed by atoms with van der Waals surface area (Å²) in [6.45, 7) is 8.77. The molecule has 0 radical (unpaired) electrons. The Bertz CT molecular complexity index is 659. The number of carboxylic acid groups (broad SMARTS) is 2. The van der Waals surface area contributed by atoms with Gasteiger partial charge in [0, 0.05) is 0 Å². The van der Waals surface area contributed by atoms with Crippen LogP contribution in [0.5, 0.6) is 0 Å². The molecule has 1 aromatic rings. The molecule has 0 saturated carbocycles. The Morgan fingerprint density at radius 2 is 1.21 bits per heavy atom. The molecule has 0 aromatic heterocycles. The topological polar surface area (TPSA) is 74.6 Å². The van der Waals surface area contributed by atoms with Crippen LogP contribution >= 0.6 is 0 Å². The molecule has 0 heterocycles. The van der Waals surface area contributed by atoms with Gasteiger partial charge in [0.05, 0.1) is 10.8 Å². The van der Waals surface area contributed by atoms with Crippen LogP contribution < -0.4 is 0 Å². The van der Waals surface area contributed by atoms with Gasteiger partial charge in [-0.3, -0.25) is 9.59 Å². The first-order valence-electron chi connectivity index (χ1n) is 10.7. The summed E-state index contributed by atoms with van der Waals surface area (Å²) in [5, 5.41) is 19.3. The van der Waals surface area contributed by atoms with Gasteiger partial charge >= 0.3 is 11.9 Å². The summed E-state index contributed by atoms with van der Waals surface area (Å²) in [6.07, 6.45) is 10.9. The first-order valence-corrected chi connectivity index (χ1v) is 10.7. The number of rotatable bonds is 13. The number of hydrogen-bond donors (Lipinski definition) is 2. The van der Waals surface area contributed by atoms with Crippen molar-refractivity contribution in [2.45, 2.75) is 103 Å². The quantitative estimate of drug-likeness (QED) is 0.399. The van der Waals surface area contributed by atoms with Gasteiger partial charge < -0.3 is 10.2 Å². The number of aliphatic carboxylic acids is 2. The Morgan fingerprint density at radius 3 is 1.71 bits per heavy atom. The van der Waals surface area contributed by atoms with Gasteiger partial charge in [-0.25, -0.2) is 0 Å². The summed E-state index contributed by atoms with van der Waals surface area (Å²) < 4.78 is 0. The Labute approximate surface area is 170 Å². The van der Waals surface area contributed by atoms with E-state index in [1.807, 2.05) is 18.2 Å². The summed E-state index contributed by atoms with van der Waals surface area (Å²) in [7, 11) is 0. The van der Waals surface area contributed by atoms with E-state index in [9.17, 15) is 19.8 Å². The molecule has 4 nitrogen and oxygen atoms in total. The van der Waals surface area contributed by atoms with Gasteiger partial charge in [-0.15, -0.1) is 0 Å². The van der Waals surface area contributed by atoms with Crippen molar-refractivity contribution in [1.82, 2.24) is 0 Å². The molecular weight excluding hydrogens is 352 g/mol. The molecule has 0 aliphatic heterocycles. The van der Waals surface area contributed by atoms with Crippen LogP contribution in [0.25, 0.3) is 0 Å². The Hall–Kier alpha value is -1.84. The molecule has 0 saturated heterocycles. The van der Waals surface area contributed by atoms with Gasteiger partial charge in [0.2, 0.25) is 0 Å². The van der Waals surface area contributed by atoms with Crippen LogP contribution in [0.15, 0.2) is 18.2 Å².